The summed E-state index contributed by atoms with van der Waals surface area (Å²) in [7, 11) is 1.68. The summed E-state index contributed by atoms with van der Waals surface area (Å²) in [6.45, 7) is 1.55. The lowest BCUT2D eigenvalue weighted by atomic mass is 9.87. The maximum Gasteiger partial charge on any atom is 0.118 e. The molecule has 1 aromatic rings. The van der Waals surface area contributed by atoms with Crippen LogP contribution in [0, 0.1) is 5.92 Å². The molecule has 1 aliphatic carbocycles. The van der Waals surface area contributed by atoms with Gasteiger partial charge in [0.25, 0.3) is 0 Å². The van der Waals surface area contributed by atoms with Gasteiger partial charge in [-0.3, -0.25) is 0 Å². The van der Waals surface area contributed by atoms with Crippen molar-refractivity contribution in [3.05, 3.63) is 29.8 Å². The molecule has 0 saturated heterocycles. The zero-order valence-electron chi connectivity index (χ0n) is 11.1. The molecule has 1 aromatic carbocycles. The Morgan fingerprint density at radius 1 is 1.11 bits per heavy atom. The van der Waals surface area contributed by atoms with E-state index in [2.05, 4.69) is 12.1 Å². The number of nitrogens with two attached hydrogens (primary N) is 1. The second-order valence-electron chi connectivity index (χ2n) is 5.14. The molecule has 0 aliphatic heterocycles. The maximum absolute atomic E-state index is 5.89. The molecule has 0 bridgehead atoms. The van der Waals surface area contributed by atoms with Gasteiger partial charge in [0.1, 0.15) is 5.75 Å². The molecule has 2 rings (SSSR count). The number of methoxy groups -OCH3 is 1. The van der Waals surface area contributed by atoms with Gasteiger partial charge in [0.15, 0.2) is 0 Å². The molecule has 2 N–H and O–H groups in total. The highest BCUT2D eigenvalue weighted by Gasteiger charge is 2.18. The largest absolute Gasteiger partial charge is 0.497 e. The fourth-order valence-corrected chi connectivity index (χ4v) is 2.42. The average Bonchev–Trinajstić information content (AvgIpc) is 2.42. The molecule has 0 unspecified atom stereocenters. The van der Waals surface area contributed by atoms with Crippen LogP contribution in [0.2, 0.25) is 0 Å². The number of hydrogen-bond donors (Lipinski definition) is 1. The Bertz CT molecular complexity index is 342. The highest BCUT2D eigenvalue weighted by Crippen LogP contribution is 2.23. The molecule has 0 radical (unpaired) electrons. The summed E-state index contributed by atoms with van der Waals surface area (Å²) >= 11 is 0. The van der Waals surface area contributed by atoms with E-state index in [1.165, 1.54) is 18.4 Å². The van der Waals surface area contributed by atoms with Crippen molar-refractivity contribution in [3.63, 3.8) is 0 Å². The lowest BCUT2D eigenvalue weighted by molar-refractivity contribution is 0.0718. The van der Waals surface area contributed by atoms with Gasteiger partial charge in [0.2, 0.25) is 0 Å². The van der Waals surface area contributed by atoms with Gasteiger partial charge < -0.3 is 15.2 Å². The normalized spacial score (nSPS) is 23.9. The minimum absolute atomic E-state index is 0.419. The van der Waals surface area contributed by atoms with Crippen LogP contribution in [0.25, 0.3) is 0 Å². The Balaban J connectivity index is 1.68. The maximum atomic E-state index is 5.89. The van der Waals surface area contributed by atoms with Crippen LogP contribution in [0.3, 0.4) is 0 Å². The number of benzene rings is 1. The molecule has 0 heterocycles. The second-order valence-corrected chi connectivity index (χ2v) is 5.14. The molecule has 0 atom stereocenters. The number of ether oxygens (including phenoxy) is 2. The van der Waals surface area contributed by atoms with Crippen molar-refractivity contribution in [1.82, 2.24) is 0 Å². The topological polar surface area (TPSA) is 44.5 Å². The van der Waals surface area contributed by atoms with Gasteiger partial charge in [0.05, 0.1) is 13.7 Å². The molecule has 0 spiro atoms. The first-order valence-electron chi connectivity index (χ1n) is 6.74. The Morgan fingerprint density at radius 2 is 1.78 bits per heavy atom. The third-order valence-corrected chi connectivity index (χ3v) is 3.67. The van der Waals surface area contributed by atoms with Crippen LogP contribution >= 0.6 is 0 Å². The van der Waals surface area contributed by atoms with Crippen molar-refractivity contribution in [3.8, 4) is 5.75 Å². The Labute approximate surface area is 109 Å². The van der Waals surface area contributed by atoms with Gasteiger partial charge in [-0.15, -0.1) is 0 Å². The summed E-state index contributed by atoms with van der Waals surface area (Å²) in [4.78, 5) is 0. The van der Waals surface area contributed by atoms with Gasteiger partial charge in [-0.1, -0.05) is 12.1 Å². The van der Waals surface area contributed by atoms with Crippen molar-refractivity contribution in [2.45, 2.75) is 38.3 Å². The molecule has 1 saturated carbocycles. The van der Waals surface area contributed by atoms with Crippen molar-refractivity contribution >= 4 is 0 Å². The van der Waals surface area contributed by atoms with Gasteiger partial charge >= 0.3 is 0 Å². The zero-order valence-corrected chi connectivity index (χ0v) is 11.1. The molecule has 18 heavy (non-hydrogen) atoms. The van der Waals surface area contributed by atoms with E-state index in [0.29, 0.717) is 18.6 Å². The predicted octanol–water partition coefficient (Wildman–Crippen LogP) is 2.73. The van der Waals surface area contributed by atoms with Gasteiger partial charge in [0, 0.05) is 12.6 Å². The van der Waals surface area contributed by atoms with Crippen molar-refractivity contribution in [2.24, 2.45) is 11.7 Å². The van der Waals surface area contributed by atoms with E-state index in [4.69, 9.17) is 15.2 Å². The summed E-state index contributed by atoms with van der Waals surface area (Å²) in [5, 5.41) is 0. The highest BCUT2D eigenvalue weighted by atomic mass is 16.5. The summed E-state index contributed by atoms with van der Waals surface area (Å²) in [5.41, 5.74) is 7.09. The van der Waals surface area contributed by atoms with Gasteiger partial charge in [-0.25, -0.2) is 0 Å². The van der Waals surface area contributed by atoms with Crippen LogP contribution in [0.4, 0.5) is 0 Å². The van der Waals surface area contributed by atoms with E-state index < -0.39 is 0 Å². The van der Waals surface area contributed by atoms with Crippen molar-refractivity contribution in [1.29, 1.82) is 0 Å². The summed E-state index contributed by atoms with van der Waals surface area (Å²) in [6.07, 6.45) is 4.72. The fraction of sp³-hybridized carbons (Fsp3) is 0.600. The summed E-state index contributed by atoms with van der Waals surface area (Å²) in [6, 6.07) is 8.46. The van der Waals surface area contributed by atoms with E-state index in [1.807, 2.05) is 12.1 Å². The van der Waals surface area contributed by atoms with Crippen molar-refractivity contribution < 1.29 is 9.47 Å². The van der Waals surface area contributed by atoms with Crippen LogP contribution < -0.4 is 10.5 Å². The first kappa shape index (κ1) is 13.4. The quantitative estimate of drug-likeness (QED) is 0.872. The van der Waals surface area contributed by atoms with Gasteiger partial charge in [-0.2, -0.15) is 0 Å². The second kappa shape index (κ2) is 6.76. The number of hydrogen-bond acceptors (Lipinski definition) is 3. The lowest BCUT2D eigenvalue weighted by Crippen LogP contribution is -2.28. The molecule has 0 aromatic heterocycles. The summed E-state index contributed by atoms with van der Waals surface area (Å²) in [5.74, 6) is 1.59. The third kappa shape index (κ3) is 4.00. The SMILES string of the molecule is COc1ccc(COCC2CCC(N)CC2)cc1. The van der Waals surface area contributed by atoms with E-state index in [1.54, 1.807) is 7.11 Å². The smallest absolute Gasteiger partial charge is 0.118 e. The Kier molecular flexibility index (Phi) is 5.02. The molecule has 1 aliphatic rings. The molecule has 1 fully saturated rings. The first-order valence-corrected chi connectivity index (χ1v) is 6.74. The lowest BCUT2D eigenvalue weighted by Gasteiger charge is -2.25. The average molecular weight is 249 g/mol. The van der Waals surface area contributed by atoms with Crippen LogP contribution in [0.15, 0.2) is 24.3 Å². The van der Waals surface area contributed by atoms with E-state index in [9.17, 15) is 0 Å². The van der Waals surface area contributed by atoms with Crippen LogP contribution in [0.1, 0.15) is 31.2 Å². The molecular weight excluding hydrogens is 226 g/mol. The standard InChI is InChI=1S/C15H23NO2/c1-17-15-8-4-13(5-9-15)11-18-10-12-2-6-14(16)7-3-12/h4-5,8-9,12,14H,2-3,6-7,10-11,16H2,1H3. The van der Waals surface area contributed by atoms with Crippen LogP contribution in [-0.2, 0) is 11.3 Å². The van der Waals surface area contributed by atoms with E-state index >= 15 is 0 Å². The third-order valence-electron chi connectivity index (χ3n) is 3.67. The zero-order chi connectivity index (χ0) is 12.8. The predicted molar refractivity (Wildman–Crippen MR) is 72.6 cm³/mol. The molecular formula is C15H23NO2. The van der Waals surface area contributed by atoms with E-state index in [-0.39, 0.29) is 0 Å². The van der Waals surface area contributed by atoms with E-state index in [0.717, 1.165) is 25.2 Å². The molecule has 3 heteroatoms. The Hall–Kier alpha value is -1.06. The minimum atomic E-state index is 0.419. The van der Waals surface area contributed by atoms with Crippen molar-refractivity contribution in [2.75, 3.05) is 13.7 Å². The van der Waals surface area contributed by atoms with Gasteiger partial charge in [-0.05, 0) is 49.3 Å². The fourth-order valence-electron chi connectivity index (χ4n) is 2.42. The minimum Gasteiger partial charge on any atom is -0.497 e. The molecule has 0 amide bonds. The number of rotatable bonds is 5. The summed E-state index contributed by atoms with van der Waals surface area (Å²) < 4.78 is 10.9. The van der Waals surface area contributed by atoms with Crippen LogP contribution in [-0.4, -0.2) is 19.8 Å². The highest BCUT2D eigenvalue weighted by molar-refractivity contribution is 5.26. The molecule has 100 valence electrons. The van der Waals surface area contributed by atoms with Crippen LogP contribution in [0.5, 0.6) is 5.75 Å². The molecule has 3 nitrogen and oxygen atoms in total. The Morgan fingerprint density at radius 3 is 2.39 bits per heavy atom. The first-order chi connectivity index (χ1) is 8.78. The monoisotopic (exact) mass is 249 g/mol.